The monoisotopic (exact) mass is 278 g/mol. The summed E-state index contributed by atoms with van der Waals surface area (Å²) >= 11 is 0. The molecule has 0 fully saturated rings. The Kier molecular flexibility index (Phi) is 5.06. The van der Waals surface area contributed by atoms with Crippen molar-refractivity contribution in [2.45, 2.75) is 13.2 Å². The summed E-state index contributed by atoms with van der Waals surface area (Å²) in [5.74, 6) is 0. The van der Waals surface area contributed by atoms with Crippen molar-refractivity contribution in [1.29, 1.82) is 0 Å². The van der Waals surface area contributed by atoms with Crippen molar-refractivity contribution in [3.63, 3.8) is 0 Å². The molecule has 2 aromatic carbocycles. The van der Waals surface area contributed by atoms with Gasteiger partial charge in [0.1, 0.15) is 0 Å². The molecule has 0 aromatic heterocycles. The van der Waals surface area contributed by atoms with E-state index in [2.05, 4.69) is 0 Å². The number of hydrogen-bond donors (Lipinski definition) is 1. The molecule has 0 bridgehead atoms. The van der Waals surface area contributed by atoms with Gasteiger partial charge in [-0.1, -0.05) is 0 Å². The minimum atomic E-state index is -3.07. The quantitative estimate of drug-likeness (QED) is 0.821. The first-order chi connectivity index (χ1) is 9.16. The molecule has 0 spiro atoms. The van der Waals surface area contributed by atoms with Gasteiger partial charge in [-0.2, -0.15) is 0 Å². The van der Waals surface area contributed by atoms with E-state index < -0.39 is 7.94 Å². The van der Waals surface area contributed by atoms with Crippen molar-refractivity contribution < 1.29 is 13.9 Å². The molecule has 0 radical (unpaired) electrons. The van der Waals surface area contributed by atoms with E-state index in [4.69, 9.17) is 9.05 Å². The molecule has 102 valence electrons. The molecule has 2 rings (SSSR count). The molecule has 2 aromatic rings. The third kappa shape index (κ3) is 5.09. The molecular weight excluding hydrogens is 259 g/mol. The van der Waals surface area contributed by atoms with Gasteiger partial charge in [0, 0.05) is 0 Å². The maximum atomic E-state index is 10.1. The molecule has 4 heteroatoms. The number of benzene rings is 2. The minimum absolute atomic E-state index is 0.370. The SMILES string of the molecule is C[PH](O)(OCc1ccccc1)OCc1ccccc1. The Hall–Kier alpha value is -1.25. The number of rotatable bonds is 6. The number of hydrogen-bond acceptors (Lipinski definition) is 3. The molecule has 0 atom stereocenters. The second-order valence-corrected chi connectivity index (χ2v) is 6.82. The van der Waals surface area contributed by atoms with Gasteiger partial charge >= 0.3 is 114 Å². The predicted octanol–water partition coefficient (Wildman–Crippen LogP) is 3.54. The van der Waals surface area contributed by atoms with Gasteiger partial charge in [0.25, 0.3) is 0 Å². The Morgan fingerprint density at radius 2 is 1.16 bits per heavy atom. The van der Waals surface area contributed by atoms with Gasteiger partial charge in [0.15, 0.2) is 0 Å². The molecule has 3 nitrogen and oxygen atoms in total. The summed E-state index contributed by atoms with van der Waals surface area (Å²) in [6.45, 7) is 2.38. The topological polar surface area (TPSA) is 38.7 Å². The van der Waals surface area contributed by atoms with Crippen molar-refractivity contribution >= 4 is 7.94 Å². The van der Waals surface area contributed by atoms with Crippen molar-refractivity contribution in [1.82, 2.24) is 0 Å². The van der Waals surface area contributed by atoms with Crippen LogP contribution in [0.15, 0.2) is 60.7 Å². The van der Waals surface area contributed by atoms with Crippen molar-refractivity contribution in [2.75, 3.05) is 6.66 Å². The van der Waals surface area contributed by atoms with Crippen LogP contribution in [0.4, 0.5) is 0 Å². The summed E-state index contributed by atoms with van der Waals surface area (Å²) in [7, 11) is -3.07. The van der Waals surface area contributed by atoms with Gasteiger partial charge in [0.2, 0.25) is 0 Å². The summed E-state index contributed by atoms with van der Waals surface area (Å²) in [5.41, 5.74) is 2.05. The molecule has 0 saturated carbocycles. The van der Waals surface area contributed by atoms with E-state index in [0.29, 0.717) is 13.2 Å². The molecule has 0 amide bonds. The first-order valence-corrected chi connectivity index (χ1v) is 8.50. The summed E-state index contributed by atoms with van der Waals surface area (Å²) < 4.78 is 11.0. The summed E-state index contributed by atoms with van der Waals surface area (Å²) in [4.78, 5) is 10.1. The van der Waals surface area contributed by atoms with E-state index >= 15 is 0 Å². The van der Waals surface area contributed by atoms with E-state index in [1.165, 1.54) is 0 Å². The van der Waals surface area contributed by atoms with Gasteiger partial charge < -0.3 is 0 Å². The Bertz CT molecular complexity index is 440. The summed E-state index contributed by atoms with van der Waals surface area (Å²) in [6.07, 6.45) is 0. The van der Waals surface area contributed by atoms with Gasteiger partial charge in [0.05, 0.1) is 0 Å². The Balaban J connectivity index is 1.82. The summed E-state index contributed by atoms with van der Waals surface area (Å²) in [5, 5.41) is 0. The van der Waals surface area contributed by atoms with Crippen LogP contribution in [0, 0.1) is 0 Å². The van der Waals surface area contributed by atoms with Crippen LogP contribution in [0.1, 0.15) is 11.1 Å². The first-order valence-electron chi connectivity index (χ1n) is 6.24. The Morgan fingerprint density at radius 3 is 1.53 bits per heavy atom. The van der Waals surface area contributed by atoms with Crippen LogP contribution < -0.4 is 0 Å². The second-order valence-electron chi connectivity index (χ2n) is 4.45. The molecule has 1 N–H and O–H groups in total. The normalized spacial score (nSPS) is 12.3. The molecule has 0 aliphatic carbocycles. The van der Waals surface area contributed by atoms with Crippen LogP contribution >= 0.6 is 7.94 Å². The zero-order valence-corrected chi connectivity index (χ0v) is 12.0. The molecule has 0 heterocycles. The average molecular weight is 278 g/mol. The fraction of sp³-hybridized carbons (Fsp3) is 0.200. The van der Waals surface area contributed by atoms with Crippen LogP contribution in [0.5, 0.6) is 0 Å². The van der Waals surface area contributed by atoms with Gasteiger partial charge in [-0.3, -0.25) is 0 Å². The zero-order valence-electron chi connectivity index (χ0n) is 11.0. The van der Waals surface area contributed by atoms with E-state index in [-0.39, 0.29) is 0 Å². The van der Waals surface area contributed by atoms with Crippen molar-refractivity contribution in [3.05, 3.63) is 71.8 Å². The standard InChI is InChI=1S/C15H19O3P/c1-19(16,17-12-14-8-4-2-5-9-14)18-13-15-10-6-3-7-11-15/h2-11,16,19H,12-13H2,1H3. The van der Waals surface area contributed by atoms with Gasteiger partial charge in [-0.05, 0) is 0 Å². The van der Waals surface area contributed by atoms with Crippen LogP contribution in [0.25, 0.3) is 0 Å². The molecular formula is C15H19O3P. The third-order valence-electron chi connectivity index (χ3n) is 2.70. The van der Waals surface area contributed by atoms with E-state index in [0.717, 1.165) is 11.1 Å². The van der Waals surface area contributed by atoms with E-state index in [1.54, 1.807) is 6.66 Å². The van der Waals surface area contributed by atoms with Gasteiger partial charge in [-0.15, -0.1) is 0 Å². The molecule has 0 unspecified atom stereocenters. The van der Waals surface area contributed by atoms with Crippen LogP contribution in [-0.4, -0.2) is 11.6 Å². The Labute approximate surface area is 114 Å². The van der Waals surface area contributed by atoms with E-state index in [1.807, 2.05) is 60.7 Å². The predicted molar refractivity (Wildman–Crippen MR) is 78.9 cm³/mol. The van der Waals surface area contributed by atoms with Crippen LogP contribution in [0.2, 0.25) is 0 Å². The van der Waals surface area contributed by atoms with Crippen molar-refractivity contribution in [2.24, 2.45) is 0 Å². The maximum absolute atomic E-state index is 10.1. The summed E-state index contributed by atoms with van der Waals surface area (Å²) in [6, 6.07) is 19.5. The molecule has 0 saturated heterocycles. The molecule has 19 heavy (non-hydrogen) atoms. The van der Waals surface area contributed by atoms with Crippen molar-refractivity contribution in [3.8, 4) is 0 Å². The fourth-order valence-corrected chi connectivity index (χ4v) is 2.58. The van der Waals surface area contributed by atoms with Crippen LogP contribution in [-0.2, 0) is 22.3 Å². The first kappa shape index (κ1) is 14.2. The molecule has 0 aliphatic rings. The second kappa shape index (κ2) is 6.78. The zero-order chi connectivity index (χ0) is 13.6. The fourth-order valence-electron chi connectivity index (χ4n) is 1.62. The van der Waals surface area contributed by atoms with Crippen LogP contribution in [0.3, 0.4) is 0 Å². The van der Waals surface area contributed by atoms with E-state index in [9.17, 15) is 4.89 Å². The third-order valence-corrected chi connectivity index (χ3v) is 4.06. The molecule has 0 aliphatic heterocycles. The Morgan fingerprint density at radius 1 is 0.789 bits per heavy atom. The average Bonchev–Trinajstić information content (AvgIpc) is 2.46. The van der Waals surface area contributed by atoms with Gasteiger partial charge in [-0.25, -0.2) is 0 Å².